The van der Waals surface area contributed by atoms with Gasteiger partial charge in [-0.15, -0.1) is 0 Å². The number of nitrogens with one attached hydrogen (secondary N) is 1. The maximum absolute atomic E-state index is 5.70. The van der Waals surface area contributed by atoms with Crippen molar-refractivity contribution in [2.45, 2.75) is 38.1 Å². The zero-order valence-electron chi connectivity index (χ0n) is 12.1. The molecule has 1 saturated heterocycles. The first-order valence-corrected chi connectivity index (χ1v) is 8.59. The highest BCUT2D eigenvalue weighted by Gasteiger charge is 2.26. The summed E-state index contributed by atoms with van der Waals surface area (Å²) in [4.78, 5) is 12.0. The molecule has 0 saturated carbocycles. The Morgan fingerprint density at radius 2 is 2.10 bits per heavy atom. The van der Waals surface area contributed by atoms with E-state index in [0.717, 1.165) is 36.8 Å². The lowest BCUT2D eigenvalue weighted by molar-refractivity contribution is 0.264. The van der Waals surface area contributed by atoms with E-state index in [-0.39, 0.29) is 0 Å². The van der Waals surface area contributed by atoms with Gasteiger partial charge in [0.25, 0.3) is 0 Å². The molecule has 5 nitrogen and oxygen atoms in total. The molecule has 0 radical (unpaired) electrons. The molecule has 3 rings (SSSR count). The molecule has 110 valence electrons. The zero-order chi connectivity index (χ0) is 13.9. The topological polar surface area (TPSA) is 67.1 Å². The van der Waals surface area contributed by atoms with Crippen LogP contribution < -0.4 is 11.3 Å². The lowest BCUT2D eigenvalue weighted by Crippen LogP contribution is -2.34. The molecule has 2 aliphatic rings. The van der Waals surface area contributed by atoms with Crippen molar-refractivity contribution in [2.24, 2.45) is 5.84 Å². The Balaban J connectivity index is 1.97. The van der Waals surface area contributed by atoms with Crippen molar-refractivity contribution in [3.63, 3.8) is 0 Å². The summed E-state index contributed by atoms with van der Waals surface area (Å²) >= 11 is 1.98. The van der Waals surface area contributed by atoms with Crippen molar-refractivity contribution in [3.05, 3.63) is 17.1 Å². The molecule has 0 aromatic carbocycles. The van der Waals surface area contributed by atoms with E-state index < -0.39 is 0 Å². The minimum absolute atomic E-state index is 0.314. The number of aryl methyl sites for hydroxylation is 1. The summed E-state index contributed by atoms with van der Waals surface area (Å²) in [5, 5.41) is 0. The average molecular weight is 293 g/mol. The van der Waals surface area contributed by atoms with Gasteiger partial charge in [-0.3, -0.25) is 4.90 Å². The number of nitrogens with two attached hydrogens (primary N) is 1. The number of thioether (sulfide) groups is 1. The van der Waals surface area contributed by atoms with Crippen molar-refractivity contribution in [1.82, 2.24) is 14.9 Å². The van der Waals surface area contributed by atoms with E-state index in [0.29, 0.717) is 6.04 Å². The van der Waals surface area contributed by atoms with Crippen LogP contribution in [0.5, 0.6) is 0 Å². The van der Waals surface area contributed by atoms with Gasteiger partial charge in [0.1, 0.15) is 11.6 Å². The summed E-state index contributed by atoms with van der Waals surface area (Å²) in [7, 11) is 2.16. The third-order valence-corrected chi connectivity index (χ3v) is 5.30. The van der Waals surface area contributed by atoms with Crippen molar-refractivity contribution in [2.75, 3.05) is 30.5 Å². The number of fused-ring (bicyclic) bond motifs is 1. The van der Waals surface area contributed by atoms with Crippen LogP contribution in [0, 0.1) is 0 Å². The molecule has 1 aliphatic carbocycles. The number of anilines is 1. The fourth-order valence-corrected chi connectivity index (χ4v) is 4.23. The first-order chi connectivity index (χ1) is 9.79. The molecule has 20 heavy (non-hydrogen) atoms. The third kappa shape index (κ3) is 2.77. The van der Waals surface area contributed by atoms with E-state index in [4.69, 9.17) is 15.8 Å². The van der Waals surface area contributed by atoms with Gasteiger partial charge >= 0.3 is 0 Å². The third-order valence-electron chi connectivity index (χ3n) is 4.28. The number of hydrogen-bond acceptors (Lipinski definition) is 6. The van der Waals surface area contributed by atoms with Gasteiger partial charge in [-0.1, -0.05) is 6.42 Å². The largest absolute Gasteiger partial charge is 0.308 e. The normalized spacial score (nSPS) is 24.0. The van der Waals surface area contributed by atoms with Gasteiger partial charge in [-0.2, -0.15) is 11.8 Å². The fourth-order valence-electron chi connectivity index (χ4n) is 3.02. The molecule has 3 N–H and O–H groups in total. The van der Waals surface area contributed by atoms with Gasteiger partial charge in [0.05, 0.1) is 6.04 Å². The molecule has 1 aromatic heterocycles. The lowest BCUT2D eigenvalue weighted by Gasteiger charge is -2.31. The van der Waals surface area contributed by atoms with E-state index in [2.05, 4.69) is 17.4 Å². The van der Waals surface area contributed by atoms with E-state index >= 15 is 0 Å². The van der Waals surface area contributed by atoms with Crippen LogP contribution >= 0.6 is 11.8 Å². The van der Waals surface area contributed by atoms with E-state index in [1.54, 1.807) is 0 Å². The quantitative estimate of drug-likeness (QED) is 0.492. The molecule has 1 unspecified atom stereocenters. The van der Waals surface area contributed by atoms with Gasteiger partial charge in [0.15, 0.2) is 0 Å². The Kier molecular flexibility index (Phi) is 4.43. The van der Waals surface area contributed by atoms with E-state index in [1.807, 2.05) is 11.8 Å². The lowest BCUT2D eigenvalue weighted by atomic mass is 10.1. The van der Waals surface area contributed by atoms with Gasteiger partial charge in [-0.05, 0) is 32.7 Å². The predicted molar refractivity (Wildman–Crippen MR) is 83.8 cm³/mol. The van der Waals surface area contributed by atoms with Gasteiger partial charge in [0.2, 0.25) is 0 Å². The second kappa shape index (κ2) is 6.28. The van der Waals surface area contributed by atoms with Crippen LogP contribution in [0.25, 0.3) is 0 Å². The van der Waals surface area contributed by atoms with Crippen LogP contribution in [0.4, 0.5) is 5.82 Å². The van der Waals surface area contributed by atoms with Crippen molar-refractivity contribution >= 4 is 17.6 Å². The highest BCUT2D eigenvalue weighted by Crippen LogP contribution is 2.30. The molecule has 6 heteroatoms. The standard InChI is InChI=1S/C14H23N5S/c1-19-7-8-20-9-12(19)14-16-11-6-4-2-3-5-10(11)13(17-14)18-15/h12H,2-9,15H2,1H3,(H,16,17,18). The molecule has 0 amide bonds. The Bertz CT molecular complexity index is 479. The van der Waals surface area contributed by atoms with Gasteiger partial charge < -0.3 is 5.43 Å². The molecule has 2 heterocycles. The summed E-state index contributed by atoms with van der Waals surface area (Å²) in [5.41, 5.74) is 5.25. The van der Waals surface area contributed by atoms with Crippen molar-refractivity contribution in [3.8, 4) is 0 Å². The minimum Gasteiger partial charge on any atom is -0.308 e. The summed E-state index contributed by atoms with van der Waals surface area (Å²) in [6, 6.07) is 0.314. The van der Waals surface area contributed by atoms with Crippen LogP contribution in [-0.2, 0) is 12.8 Å². The summed E-state index contributed by atoms with van der Waals surface area (Å²) in [6.07, 6.45) is 5.81. The number of nitrogen functional groups attached to an aromatic ring is 1. The van der Waals surface area contributed by atoms with E-state index in [1.165, 1.54) is 36.3 Å². The number of rotatable bonds is 2. The maximum Gasteiger partial charge on any atom is 0.149 e. The van der Waals surface area contributed by atoms with Crippen molar-refractivity contribution in [1.29, 1.82) is 0 Å². The Labute approximate surface area is 124 Å². The molecule has 1 fully saturated rings. The summed E-state index contributed by atoms with van der Waals surface area (Å²) in [5.74, 6) is 9.74. The number of nitrogens with zero attached hydrogens (tertiary/aromatic N) is 3. The van der Waals surface area contributed by atoms with Crippen LogP contribution in [0.15, 0.2) is 0 Å². The van der Waals surface area contributed by atoms with Crippen LogP contribution in [0.1, 0.15) is 42.4 Å². The molecular formula is C14H23N5S. The number of hydrogen-bond donors (Lipinski definition) is 2. The maximum atomic E-state index is 5.70. The predicted octanol–water partition coefficient (Wildman–Crippen LogP) is 1.75. The van der Waals surface area contributed by atoms with Crippen LogP contribution in [0.2, 0.25) is 0 Å². The first kappa shape index (κ1) is 14.1. The van der Waals surface area contributed by atoms with Crippen LogP contribution in [-0.4, -0.2) is 40.0 Å². The Hall–Kier alpha value is -0.850. The zero-order valence-corrected chi connectivity index (χ0v) is 12.9. The minimum atomic E-state index is 0.314. The molecule has 1 aliphatic heterocycles. The molecule has 1 aromatic rings. The molecule has 1 atom stereocenters. The number of hydrazine groups is 1. The van der Waals surface area contributed by atoms with Gasteiger partial charge in [0, 0.05) is 29.3 Å². The summed E-state index contributed by atoms with van der Waals surface area (Å²) < 4.78 is 0. The first-order valence-electron chi connectivity index (χ1n) is 7.44. The Morgan fingerprint density at radius 3 is 2.90 bits per heavy atom. The van der Waals surface area contributed by atoms with Crippen molar-refractivity contribution < 1.29 is 0 Å². The smallest absolute Gasteiger partial charge is 0.149 e. The average Bonchev–Trinajstić information content (AvgIpc) is 2.72. The SMILES string of the molecule is CN1CCSCC1c1nc2c(c(NN)n1)CCCCC2. The highest BCUT2D eigenvalue weighted by atomic mass is 32.2. The Morgan fingerprint density at radius 1 is 1.25 bits per heavy atom. The molecular weight excluding hydrogens is 270 g/mol. The second-order valence-electron chi connectivity index (χ2n) is 5.63. The molecule has 0 spiro atoms. The highest BCUT2D eigenvalue weighted by molar-refractivity contribution is 7.99. The number of aromatic nitrogens is 2. The monoisotopic (exact) mass is 293 g/mol. The second-order valence-corrected chi connectivity index (χ2v) is 6.78. The van der Waals surface area contributed by atoms with E-state index in [9.17, 15) is 0 Å². The fraction of sp³-hybridized carbons (Fsp3) is 0.714. The summed E-state index contributed by atoms with van der Waals surface area (Å²) in [6.45, 7) is 1.10. The molecule has 0 bridgehead atoms. The van der Waals surface area contributed by atoms with Crippen LogP contribution in [0.3, 0.4) is 0 Å². The van der Waals surface area contributed by atoms with Gasteiger partial charge in [-0.25, -0.2) is 15.8 Å².